The molecule has 0 aliphatic carbocycles. The summed E-state index contributed by atoms with van der Waals surface area (Å²) in [5, 5.41) is 0. The maximum absolute atomic E-state index is 11.5. The zero-order valence-corrected chi connectivity index (χ0v) is 11.5. The number of carbonyl (C=O) groups excluding carboxylic acids is 1. The number of oxazole rings is 1. The van der Waals surface area contributed by atoms with Crippen LogP contribution in [0.25, 0.3) is 11.3 Å². The number of rotatable bonds is 5. The van der Waals surface area contributed by atoms with E-state index in [9.17, 15) is 4.79 Å². The summed E-state index contributed by atoms with van der Waals surface area (Å²) in [5.41, 5.74) is 0.648. The third-order valence-corrected chi connectivity index (χ3v) is 2.63. The average molecular weight is 277 g/mol. The molecule has 0 radical (unpaired) electrons. The fraction of sp³-hybridized carbons (Fsp3) is 0.286. The first-order chi connectivity index (χ1) is 9.69. The van der Waals surface area contributed by atoms with Crippen molar-refractivity contribution >= 4 is 5.97 Å². The lowest BCUT2D eigenvalue weighted by Crippen LogP contribution is -2.04. The van der Waals surface area contributed by atoms with Crippen molar-refractivity contribution in [2.45, 2.75) is 6.92 Å². The molecule has 0 saturated heterocycles. The molecule has 0 spiro atoms. The number of nitrogens with zero attached hydrogens (tertiary/aromatic N) is 1. The van der Waals surface area contributed by atoms with E-state index in [-0.39, 0.29) is 12.5 Å². The van der Waals surface area contributed by atoms with Crippen LogP contribution in [0.5, 0.6) is 11.5 Å². The van der Waals surface area contributed by atoms with E-state index in [1.54, 1.807) is 39.3 Å². The Labute approximate surface area is 116 Å². The smallest absolute Gasteiger partial charge is 0.394 e. The molecule has 1 aromatic heterocycles. The number of methoxy groups -OCH3 is 2. The molecular weight excluding hydrogens is 262 g/mol. The van der Waals surface area contributed by atoms with Gasteiger partial charge in [0.2, 0.25) is 0 Å². The van der Waals surface area contributed by atoms with Crippen LogP contribution in [0.4, 0.5) is 0 Å². The molecule has 0 atom stereocenters. The molecule has 0 saturated carbocycles. The van der Waals surface area contributed by atoms with Gasteiger partial charge in [0, 0.05) is 0 Å². The summed E-state index contributed by atoms with van der Waals surface area (Å²) in [6.45, 7) is 1.98. The number of hydrogen-bond acceptors (Lipinski definition) is 6. The van der Waals surface area contributed by atoms with Crippen molar-refractivity contribution in [2.75, 3.05) is 20.8 Å². The summed E-state index contributed by atoms with van der Waals surface area (Å²) in [5.74, 6) is 0.961. The van der Waals surface area contributed by atoms with E-state index < -0.39 is 5.97 Å². The summed E-state index contributed by atoms with van der Waals surface area (Å²) in [6, 6.07) is 5.26. The molecule has 0 amide bonds. The predicted octanol–water partition coefficient (Wildman–Crippen LogP) is 2.54. The second kappa shape index (κ2) is 6.10. The minimum absolute atomic E-state index is 0.0910. The molecule has 6 heteroatoms. The van der Waals surface area contributed by atoms with Gasteiger partial charge in [0.05, 0.1) is 32.6 Å². The molecule has 0 bridgehead atoms. The first-order valence-electron chi connectivity index (χ1n) is 6.05. The zero-order chi connectivity index (χ0) is 14.5. The average Bonchev–Trinajstić information content (AvgIpc) is 2.96. The van der Waals surface area contributed by atoms with Gasteiger partial charge in [-0.05, 0) is 25.1 Å². The standard InChI is InChI=1S/C14H15NO5/c1-4-19-14(16)13-15-8-12(20-13)10-7-9(17-2)5-6-11(10)18-3/h5-8H,4H2,1-3H3. The van der Waals surface area contributed by atoms with E-state index >= 15 is 0 Å². The van der Waals surface area contributed by atoms with Crippen LogP contribution >= 0.6 is 0 Å². The lowest BCUT2D eigenvalue weighted by molar-refractivity contribution is 0.0482. The van der Waals surface area contributed by atoms with E-state index in [1.165, 1.54) is 6.20 Å². The summed E-state index contributed by atoms with van der Waals surface area (Å²) < 4.78 is 20.6. The number of benzene rings is 1. The monoisotopic (exact) mass is 277 g/mol. The second-order valence-corrected chi connectivity index (χ2v) is 3.82. The summed E-state index contributed by atoms with van der Waals surface area (Å²) in [4.78, 5) is 15.4. The van der Waals surface area contributed by atoms with E-state index in [2.05, 4.69) is 4.98 Å². The topological polar surface area (TPSA) is 70.8 Å². The fourth-order valence-corrected chi connectivity index (χ4v) is 1.69. The van der Waals surface area contributed by atoms with E-state index in [0.717, 1.165) is 0 Å². The lowest BCUT2D eigenvalue weighted by Gasteiger charge is -2.07. The van der Waals surface area contributed by atoms with Crippen molar-refractivity contribution in [3.8, 4) is 22.8 Å². The van der Waals surface area contributed by atoms with Gasteiger partial charge in [-0.25, -0.2) is 9.78 Å². The summed E-state index contributed by atoms with van der Waals surface area (Å²) in [7, 11) is 3.12. The molecule has 1 heterocycles. The molecule has 6 nitrogen and oxygen atoms in total. The Balaban J connectivity index is 2.38. The van der Waals surface area contributed by atoms with Gasteiger partial charge in [-0.2, -0.15) is 0 Å². The van der Waals surface area contributed by atoms with Crippen LogP contribution in [0.2, 0.25) is 0 Å². The minimum Gasteiger partial charge on any atom is -0.497 e. The van der Waals surface area contributed by atoms with Crippen molar-refractivity contribution in [1.29, 1.82) is 0 Å². The van der Waals surface area contributed by atoms with Gasteiger partial charge >= 0.3 is 11.9 Å². The Morgan fingerprint density at radius 1 is 1.30 bits per heavy atom. The maximum Gasteiger partial charge on any atom is 0.394 e. The Kier molecular flexibility index (Phi) is 4.24. The number of ether oxygens (including phenoxy) is 3. The molecule has 20 heavy (non-hydrogen) atoms. The second-order valence-electron chi connectivity index (χ2n) is 3.82. The van der Waals surface area contributed by atoms with Crippen LogP contribution in [0, 0.1) is 0 Å². The third kappa shape index (κ3) is 2.74. The van der Waals surface area contributed by atoms with E-state index in [1.807, 2.05) is 0 Å². The highest BCUT2D eigenvalue weighted by molar-refractivity contribution is 5.85. The van der Waals surface area contributed by atoms with Gasteiger partial charge in [0.25, 0.3) is 0 Å². The molecule has 0 N–H and O–H groups in total. The molecule has 0 fully saturated rings. The van der Waals surface area contributed by atoms with Crippen molar-refractivity contribution < 1.29 is 23.4 Å². The van der Waals surface area contributed by atoms with Crippen LogP contribution in [-0.4, -0.2) is 31.8 Å². The van der Waals surface area contributed by atoms with Gasteiger partial charge in [0.1, 0.15) is 11.5 Å². The highest BCUT2D eigenvalue weighted by Crippen LogP contribution is 2.33. The van der Waals surface area contributed by atoms with Gasteiger partial charge in [-0.3, -0.25) is 0 Å². The number of esters is 1. The summed E-state index contributed by atoms with van der Waals surface area (Å²) >= 11 is 0. The summed E-state index contributed by atoms with van der Waals surface area (Å²) in [6.07, 6.45) is 1.45. The molecule has 0 aliphatic heterocycles. The van der Waals surface area contributed by atoms with Crippen molar-refractivity contribution in [1.82, 2.24) is 4.98 Å². The molecule has 106 valence electrons. The van der Waals surface area contributed by atoms with Crippen LogP contribution in [0.15, 0.2) is 28.8 Å². The van der Waals surface area contributed by atoms with Crippen molar-refractivity contribution in [3.63, 3.8) is 0 Å². The first kappa shape index (κ1) is 13.9. The molecular formula is C14H15NO5. The number of carbonyl (C=O) groups is 1. The maximum atomic E-state index is 11.5. The normalized spacial score (nSPS) is 10.2. The van der Waals surface area contributed by atoms with Gasteiger partial charge in [-0.15, -0.1) is 0 Å². The van der Waals surface area contributed by atoms with Gasteiger partial charge < -0.3 is 18.6 Å². The molecule has 2 rings (SSSR count). The van der Waals surface area contributed by atoms with Crippen LogP contribution < -0.4 is 9.47 Å². The van der Waals surface area contributed by atoms with Crippen molar-refractivity contribution in [3.05, 3.63) is 30.3 Å². The Morgan fingerprint density at radius 2 is 2.10 bits per heavy atom. The number of hydrogen-bond donors (Lipinski definition) is 0. The highest BCUT2D eigenvalue weighted by atomic mass is 16.5. The van der Waals surface area contributed by atoms with Crippen LogP contribution in [0.3, 0.4) is 0 Å². The molecule has 0 unspecified atom stereocenters. The van der Waals surface area contributed by atoms with Crippen LogP contribution in [0.1, 0.15) is 17.6 Å². The fourth-order valence-electron chi connectivity index (χ4n) is 1.69. The quantitative estimate of drug-likeness (QED) is 0.782. The first-order valence-corrected chi connectivity index (χ1v) is 6.05. The largest absolute Gasteiger partial charge is 0.497 e. The predicted molar refractivity (Wildman–Crippen MR) is 71.0 cm³/mol. The van der Waals surface area contributed by atoms with Gasteiger partial charge in [-0.1, -0.05) is 0 Å². The van der Waals surface area contributed by atoms with E-state index in [0.29, 0.717) is 22.8 Å². The van der Waals surface area contributed by atoms with Crippen molar-refractivity contribution in [2.24, 2.45) is 0 Å². The SMILES string of the molecule is CCOC(=O)c1ncc(-c2cc(OC)ccc2OC)o1. The lowest BCUT2D eigenvalue weighted by atomic mass is 10.1. The highest BCUT2D eigenvalue weighted by Gasteiger charge is 2.17. The Morgan fingerprint density at radius 3 is 2.75 bits per heavy atom. The van der Waals surface area contributed by atoms with E-state index in [4.69, 9.17) is 18.6 Å². The minimum atomic E-state index is -0.597. The third-order valence-electron chi connectivity index (χ3n) is 2.63. The molecule has 1 aromatic carbocycles. The van der Waals surface area contributed by atoms with Crippen LogP contribution in [-0.2, 0) is 4.74 Å². The van der Waals surface area contributed by atoms with Gasteiger partial charge in [0.15, 0.2) is 5.76 Å². The zero-order valence-electron chi connectivity index (χ0n) is 11.5. The molecule has 2 aromatic rings. The Hall–Kier alpha value is -2.50. The molecule has 0 aliphatic rings. The Bertz CT molecular complexity index is 605. The number of aromatic nitrogens is 1.